The molecular formula is C42H53N3NaO10S+. The first-order valence-electron chi connectivity index (χ1n) is 18.9. The topological polar surface area (TPSA) is 159 Å². The van der Waals surface area contributed by atoms with E-state index in [1.165, 1.54) is 12.1 Å². The molecule has 1 aromatic carbocycles. The van der Waals surface area contributed by atoms with Gasteiger partial charge in [-0.3, -0.25) is 9.59 Å². The monoisotopic (exact) mass is 814 g/mol. The number of rotatable bonds is 16. The van der Waals surface area contributed by atoms with Crippen LogP contribution < -0.4 is 44.4 Å². The molecule has 0 saturated carbocycles. The smallest absolute Gasteiger partial charge is 0.744 e. The summed E-state index contributed by atoms with van der Waals surface area (Å²) in [4.78, 5) is 42.8. The Morgan fingerprint density at radius 2 is 1.63 bits per heavy atom. The van der Waals surface area contributed by atoms with Crippen LogP contribution in [0.25, 0.3) is 17.4 Å². The van der Waals surface area contributed by atoms with E-state index < -0.39 is 33.3 Å². The van der Waals surface area contributed by atoms with Gasteiger partial charge in [0.25, 0.3) is 11.8 Å². The van der Waals surface area contributed by atoms with Gasteiger partial charge in [-0.1, -0.05) is 53.2 Å². The Kier molecular flexibility index (Phi) is 15.7. The number of methoxy groups -OCH3 is 2. The van der Waals surface area contributed by atoms with Crippen molar-refractivity contribution in [3.05, 3.63) is 82.6 Å². The van der Waals surface area contributed by atoms with E-state index in [4.69, 9.17) is 18.7 Å². The Morgan fingerprint density at radius 3 is 2.25 bits per heavy atom. The summed E-state index contributed by atoms with van der Waals surface area (Å²) in [5, 5.41) is 1.55. The summed E-state index contributed by atoms with van der Waals surface area (Å²) in [6.07, 6.45) is 7.95. The molecule has 1 aliphatic carbocycles. The van der Waals surface area contributed by atoms with Crippen LogP contribution in [-0.4, -0.2) is 82.9 Å². The molecule has 0 N–H and O–H groups in total. The van der Waals surface area contributed by atoms with Gasteiger partial charge in [0.15, 0.2) is 13.1 Å². The van der Waals surface area contributed by atoms with Crippen molar-refractivity contribution in [3.63, 3.8) is 0 Å². The molecule has 0 aromatic heterocycles. The second-order valence-corrected chi connectivity index (χ2v) is 17.0. The van der Waals surface area contributed by atoms with Crippen molar-refractivity contribution in [2.45, 2.75) is 88.9 Å². The number of ether oxygens (including phenoxy) is 2. The van der Waals surface area contributed by atoms with E-state index in [0.29, 0.717) is 57.2 Å². The van der Waals surface area contributed by atoms with Crippen LogP contribution in [0.2, 0.25) is 0 Å². The van der Waals surface area contributed by atoms with Crippen LogP contribution in [0.1, 0.15) is 90.0 Å². The van der Waals surface area contributed by atoms with Crippen LogP contribution in [0.15, 0.2) is 69.6 Å². The number of fused-ring (bicyclic) bond motifs is 2. The van der Waals surface area contributed by atoms with Crippen molar-refractivity contribution in [2.75, 3.05) is 52.0 Å². The van der Waals surface area contributed by atoms with Gasteiger partial charge in [0.2, 0.25) is 5.36 Å². The average Bonchev–Trinajstić information content (AvgIpc) is 3.56. The number of hydrogen-bond donors (Lipinski definition) is 0. The maximum Gasteiger partial charge on any atom is 1.00 e. The molecule has 5 rings (SSSR count). The van der Waals surface area contributed by atoms with Crippen LogP contribution in [0.4, 0.5) is 5.69 Å². The SMILES string of the molecule is COCC[N+](CCOC)=c1ccc2c(/C=C/C=C3/N(CCCCCC(=O)ON4C(=O)CCC4=O)c4ccc(S(=O)(=O)[O-])cc4C3(C)C)cc(C(C)(C)C)oc-2c1.[Na+]. The van der Waals surface area contributed by atoms with Gasteiger partial charge >= 0.3 is 35.5 Å². The molecule has 0 unspecified atom stereocenters. The Morgan fingerprint density at radius 1 is 0.965 bits per heavy atom. The van der Waals surface area contributed by atoms with Gasteiger partial charge < -0.3 is 28.2 Å². The first kappa shape index (κ1) is 46.1. The van der Waals surface area contributed by atoms with E-state index >= 15 is 0 Å². The zero-order chi connectivity index (χ0) is 40.8. The average molecular weight is 815 g/mol. The fourth-order valence-electron chi connectivity index (χ4n) is 6.99. The molecule has 0 spiro atoms. The largest absolute Gasteiger partial charge is 1.00 e. The number of carbonyl (C=O) groups excluding carboxylic acids is 3. The van der Waals surface area contributed by atoms with Gasteiger partial charge in [0.05, 0.1) is 11.0 Å². The number of nitrogens with zero attached hydrogens (tertiary/aromatic N) is 3. The Labute approximate surface area is 357 Å². The molecule has 4 aliphatic rings. The molecule has 302 valence electrons. The number of hydrogen-bond acceptors (Lipinski definition) is 11. The minimum atomic E-state index is -4.68. The Balaban J connectivity index is 0.00000720. The van der Waals surface area contributed by atoms with E-state index in [9.17, 15) is 27.4 Å². The van der Waals surface area contributed by atoms with Crippen LogP contribution in [0.5, 0.6) is 0 Å². The molecule has 2 amide bonds. The second-order valence-electron chi connectivity index (χ2n) is 15.6. The van der Waals surface area contributed by atoms with Gasteiger partial charge in [0.1, 0.15) is 34.9 Å². The number of amides is 2. The number of unbranched alkanes of at least 4 members (excludes halogenated alkanes) is 2. The summed E-state index contributed by atoms with van der Waals surface area (Å²) in [6.45, 7) is 13.4. The van der Waals surface area contributed by atoms with E-state index in [1.54, 1.807) is 20.3 Å². The number of hydroxylamine groups is 2. The van der Waals surface area contributed by atoms with Crippen molar-refractivity contribution in [1.82, 2.24) is 9.64 Å². The summed E-state index contributed by atoms with van der Waals surface area (Å²) < 4.78 is 55.6. The number of allylic oxidation sites excluding steroid dienone is 3. The van der Waals surface area contributed by atoms with Gasteiger partial charge in [0, 0.05) is 73.9 Å². The maximum absolute atomic E-state index is 12.4. The molecule has 3 aliphatic heterocycles. The van der Waals surface area contributed by atoms with Crippen LogP contribution >= 0.6 is 0 Å². The third-order valence-electron chi connectivity index (χ3n) is 10.2. The zero-order valence-corrected chi connectivity index (χ0v) is 37.2. The molecule has 1 aromatic rings. The molecule has 1 saturated heterocycles. The fourth-order valence-corrected chi connectivity index (χ4v) is 7.49. The molecule has 15 heteroatoms. The zero-order valence-electron chi connectivity index (χ0n) is 34.4. The number of imide groups is 1. The van der Waals surface area contributed by atoms with Crippen molar-refractivity contribution < 1.29 is 75.6 Å². The van der Waals surface area contributed by atoms with Crippen molar-refractivity contribution >= 4 is 39.7 Å². The molecule has 0 atom stereocenters. The molecule has 1 fully saturated rings. The van der Waals surface area contributed by atoms with E-state index in [-0.39, 0.29) is 59.1 Å². The minimum absolute atomic E-state index is 0. The standard InChI is InChI=1S/C42H53N3O10S.Na/c1-41(2,3)37-26-29(32-17-15-30(27-35(32)54-37)43(22-24-52-6)23-25-53-7)12-11-13-36-42(4,5)33-28-31(56(49,50)51)16-18-34(33)44(36)21-10-8-9-14-40(48)55-45-38(46)19-20-39(45)47;/h11-13,15-18,26-28H,8-10,14,19-25H2,1-7H3;/q;+1. The summed E-state index contributed by atoms with van der Waals surface area (Å²) in [5.74, 6) is -0.110. The summed E-state index contributed by atoms with van der Waals surface area (Å²) in [5.41, 5.74) is 3.38. The normalized spacial score (nSPS) is 16.2. The van der Waals surface area contributed by atoms with Crippen LogP contribution in [0, 0.1) is 0 Å². The summed E-state index contributed by atoms with van der Waals surface area (Å²) in [6, 6.07) is 12.7. The molecule has 0 bridgehead atoms. The van der Waals surface area contributed by atoms with Gasteiger partial charge in [-0.15, -0.1) is 5.06 Å². The first-order chi connectivity index (χ1) is 26.4. The Hall–Kier alpha value is -3.63. The fraction of sp³-hybridized carbons (Fsp3) is 0.476. The molecule has 0 radical (unpaired) electrons. The van der Waals surface area contributed by atoms with Gasteiger partial charge in [-0.05, 0) is 60.4 Å². The van der Waals surface area contributed by atoms with E-state index in [1.807, 2.05) is 32.1 Å². The third kappa shape index (κ3) is 11.1. The predicted molar refractivity (Wildman–Crippen MR) is 210 cm³/mol. The predicted octanol–water partition coefficient (Wildman–Crippen LogP) is 2.52. The number of benzene rings is 2. The van der Waals surface area contributed by atoms with Crippen molar-refractivity contribution in [2.24, 2.45) is 0 Å². The molecule has 57 heavy (non-hydrogen) atoms. The third-order valence-corrected chi connectivity index (χ3v) is 11.0. The van der Waals surface area contributed by atoms with E-state index in [2.05, 4.69) is 54.5 Å². The van der Waals surface area contributed by atoms with Gasteiger partial charge in [-0.2, -0.15) is 0 Å². The molecule has 3 heterocycles. The number of carbonyl (C=O) groups is 3. The maximum atomic E-state index is 12.4. The number of anilines is 1. The quantitative estimate of drug-likeness (QED) is 0.0688. The van der Waals surface area contributed by atoms with Crippen LogP contribution in [-0.2, 0) is 49.6 Å². The first-order valence-corrected chi connectivity index (χ1v) is 20.3. The molecule has 13 nitrogen and oxygen atoms in total. The second kappa shape index (κ2) is 19.4. The van der Waals surface area contributed by atoms with Crippen molar-refractivity contribution in [1.29, 1.82) is 0 Å². The minimum Gasteiger partial charge on any atom is -0.744 e. The summed E-state index contributed by atoms with van der Waals surface area (Å²) in [7, 11) is -1.32. The van der Waals surface area contributed by atoms with Gasteiger partial charge in [-0.25, -0.2) is 17.8 Å². The summed E-state index contributed by atoms with van der Waals surface area (Å²) >= 11 is 0. The van der Waals surface area contributed by atoms with Crippen molar-refractivity contribution in [3.8, 4) is 11.3 Å². The molecular weight excluding hydrogens is 762 g/mol. The van der Waals surface area contributed by atoms with Crippen LogP contribution in [0.3, 0.4) is 0 Å². The van der Waals surface area contributed by atoms with E-state index in [0.717, 1.165) is 45.0 Å². The Bertz CT molecular complexity index is 2140.